The molecule has 2 rings (SSSR count). The number of hydrogen-bond donors (Lipinski definition) is 0. The minimum Gasteiger partial charge on any atom is -0.431 e. The molecule has 0 saturated carbocycles. The maximum atomic E-state index is 11.9. The first-order valence-corrected chi connectivity index (χ1v) is 6.16. The summed E-state index contributed by atoms with van der Waals surface area (Å²) in [4.78, 5) is 11.9. The molecule has 0 heterocycles. The fourth-order valence-corrected chi connectivity index (χ4v) is 1.81. The molecule has 0 saturated heterocycles. The summed E-state index contributed by atoms with van der Waals surface area (Å²) in [5.41, 5.74) is 0.606. The van der Waals surface area contributed by atoms with Crippen LogP contribution in [0.25, 0.3) is 10.8 Å². The van der Waals surface area contributed by atoms with Gasteiger partial charge in [0.15, 0.2) is 0 Å². The van der Waals surface area contributed by atoms with Crippen LogP contribution in [0.2, 0.25) is 0 Å². The molecule has 0 bridgehead atoms. The van der Waals surface area contributed by atoms with Gasteiger partial charge in [-0.3, -0.25) is 0 Å². The normalized spacial score (nSPS) is 10.9. The average Bonchev–Trinajstić information content (AvgIpc) is 2.43. The Balaban J connectivity index is 2.22. The molecule has 92 valence electrons. The second kappa shape index (κ2) is 6.01. The molecule has 0 fully saturated rings. The Labute approximate surface area is 107 Å². The van der Waals surface area contributed by atoms with Crippen LogP contribution in [0.4, 0.5) is 0 Å². The molecule has 0 aromatic heterocycles. The predicted octanol–water partition coefficient (Wildman–Crippen LogP) is 4.31. The molecule has 2 heteroatoms. The van der Waals surface area contributed by atoms with Gasteiger partial charge >= 0.3 is 5.97 Å². The van der Waals surface area contributed by atoms with Crippen LogP contribution >= 0.6 is 0 Å². The van der Waals surface area contributed by atoms with Crippen LogP contribution in [0.15, 0.2) is 54.8 Å². The van der Waals surface area contributed by atoms with Crippen LogP contribution in [0, 0.1) is 0 Å². The van der Waals surface area contributed by atoms with E-state index in [4.69, 9.17) is 4.74 Å². The fraction of sp³-hybridized carbons (Fsp3) is 0.188. The predicted molar refractivity (Wildman–Crippen MR) is 73.4 cm³/mol. The fourth-order valence-electron chi connectivity index (χ4n) is 1.81. The van der Waals surface area contributed by atoms with Crippen molar-refractivity contribution in [2.24, 2.45) is 0 Å². The lowest BCUT2D eigenvalue weighted by Gasteiger charge is -2.04. The molecule has 0 amide bonds. The third-order valence-corrected chi connectivity index (χ3v) is 2.74. The highest BCUT2D eigenvalue weighted by Crippen LogP contribution is 2.19. The number of allylic oxidation sites excluding steroid dienone is 1. The second-order valence-electron chi connectivity index (χ2n) is 4.09. The maximum absolute atomic E-state index is 11.9. The zero-order valence-electron chi connectivity index (χ0n) is 10.4. The molecule has 2 aromatic rings. The van der Waals surface area contributed by atoms with Crippen molar-refractivity contribution in [3.8, 4) is 0 Å². The first-order valence-electron chi connectivity index (χ1n) is 6.16. The van der Waals surface area contributed by atoms with Crippen LogP contribution in [0.1, 0.15) is 30.1 Å². The molecule has 0 aliphatic heterocycles. The molecule has 18 heavy (non-hydrogen) atoms. The first-order chi connectivity index (χ1) is 8.83. The van der Waals surface area contributed by atoms with Crippen LogP contribution in [0.5, 0.6) is 0 Å². The van der Waals surface area contributed by atoms with Gasteiger partial charge in [-0.2, -0.15) is 0 Å². The van der Waals surface area contributed by atoms with Crippen LogP contribution in [-0.2, 0) is 4.74 Å². The molecule has 2 aromatic carbocycles. The summed E-state index contributed by atoms with van der Waals surface area (Å²) in [5.74, 6) is -0.306. The maximum Gasteiger partial charge on any atom is 0.343 e. The highest BCUT2D eigenvalue weighted by Gasteiger charge is 2.09. The molecule has 0 aliphatic carbocycles. The van der Waals surface area contributed by atoms with Gasteiger partial charge in [0.25, 0.3) is 0 Å². The van der Waals surface area contributed by atoms with Crippen molar-refractivity contribution >= 4 is 16.7 Å². The minimum absolute atomic E-state index is 0.306. The summed E-state index contributed by atoms with van der Waals surface area (Å²) in [6.07, 6.45) is 5.31. The number of benzene rings is 2. The summed E-state index contributed by atoms with van der Waals surface area (Å²) in [5, 5.41) is 1.97. The Morgan fingerprint density at radius 3 is 2.78 bits per heavy atom. The van der Waals surface area contributed by atoms with Crippen LogP contribution < -0.4 is 0 Å². The quantitative estimate of drug-likeness (QED) is 0.588. The summed E-state index contributed by atoms with van der Waals surface area (Å²) in [6, 6.07) is 13.4. The highest BCUT2D eigenvalue weighted by atomic mass is 16.5. The zero-order chi connectivity index (χ0) is 12.8. The van der Waals surface area contributed by atoms with Crippen molar-refractivity contribution in [1.29, 1.82) is 0 Å². The van der Waals surface area contributed by atoms with E-state index in [0.29, 0.717) is 5.56 Å². The molecular weight excluding hydrogens is 224 g/mol. The topological polar surface area (TPSA) is 26.3 Å². The largest absolute Gasteiger partial charge is 0.431 e. The summed E-state index contributed by atoms with van der Waals surface area (Å²) >= 11 is 0. The number of hydrogen-bond acceptors (Lipinski definition) is 2. The summed E-state index contributed by atoms with van der Waals surface area (Å²) in [6.45, 7) is 2.08. The van der Waals surface area contributed by atoms with E-state index in [0.717, 1.165) is 23.6 Å². The van der Waals surface area contributed by atoms with Gasteiger partial charge < -0.3 is 4.74 Å². The first kappa shape index (κ1) is 12.4. The molecule has 0 aliphatic rings. The molecule has 0 atom stereocenters. The van der Waals surface area contributed by atoms with Crippen molar-refractivity contribution in [3.05, 3.63) is 60.4 Å². The van der Waals surface area contributed by atoms with Gasteiger partial charge in [0.2, 0.25) is 0 Å². The Morgan fingerprint density at radius 2 is 1.94 bits per heavy atom. The van der Waals surface area contributed by atoms with Crippen LogP contribution in [-0.4, -0.2) is 5.97 Å². The summed E-state index contributed by atoms with van der Waals surface area (Å²) < 4.78 is 5.12. The van der Waals surface area contributed by atoms with E-state index in [9.17, 15) is 4.79 Å². The van der Waals surface area contributed by atoms with Gasteiger partial charge in [0.1, 0.15) is 0 Å². The van der Waals surface area contributed by atoms with Crippen molar-refractivity contribution in [1.82, 2.24) is 0 Å². The Kier molecular flexibility index (Phi) is 4.13. The van der Waals surface area contributed by atoms with Crippen LogP contribution in [0.3, 0.4) is 0 Å². The molecule has 0 N–H and O–H groups in total. The van der Waals surface area contributed by atoms with E-state index >= 15 is 0 Å². The van der Waals surface area contributed by atoms with Crippen molar-refractivity contribution in [3.63, 3.8) is 0 Å². The van der Waals surface area contributed by atoms with Crippen molar-refractivity contribution in [2.75, 3.05) is 0 Å². The van der Waals surface area contributed by atoms with E-state index in [1.807, 2.05) is 42.5 Å². The number of carbonyl (C=O) groups is 1. The third-order valence-electron chi connectivity index (χ3n) is 2.74. The molecule has 2 nitrogen and oxygen atoms in total. The van der Waals surface area contributed by atoms with Gasteiger partial charge in [-0.15, -0.1) is 0 Å². The lowest BCUT2D eigenvalue weighted by atomic mass is 10.1. The average molecular weight is 240 g/mol. The number of ether oxygens (including phenoxy) is 1. The minimum atomic E-state index is -0.306. The Morgan fingerprint density at radius 1 is 1.17 bits per heavy atom. The molecule has 0 unspecified atom stereocenters. The van der Waals surface area contributed by atoms with E-state index in [1.54, 1.807) is 6.07 Å². The van der Waals surface area contributed by atoms with Gasteiger partial charge in [0.05, 0.1) is 11.8 Å². The monoisotopic (exact) mass is 240 g/mol. The number of esters is 1. The zero-order valence-corrected chi connectivity index (χ0v) is 10.4. The number of rotatable bonds is 4. The molecule has 0 radical (unpaired) electrons. The van der Waals surface area contributed by atoms with E-state index in [-0.39, 0.29) is 5.97 Å². The van der Waals surface area contributed by atoms with Gasteiger partial charge in [-0.05, 0) is 29.3 Å². The Hall–Kier alpha value is -2.09. The van der Waals surface area contributed by atoms with E-state index in [1.165, 1.54) is 6.26 Å². The van der Waals surface area contributed by atoms with Gasteiger partial charge in [0, 0.05) is 0 Å². The lowest BCUT2D eigenvalue weighted by molar-refractivity contribution is 0.0664. The second-order valence-corrected chi connectivity index (χ2v) is 4.09. The molecule has 0 spiro atoms. The number of unbranched alkanes of at least 4 members (excludes halogenated alkanes) is 1. The van der Waals surface area contributed by atoms with E-state index in [2.05, 4.69) is 6.92 Å². The van der Waals surface area contributed by atoms with Gasteiger partial charge in [-0.1, -0.05) is 49.7 Å². The Bertz CT molecular complexity index is 565. The highest BCUT2D eigenvalue weighted by molar-refractivity contribution is 6.04. The van der Waals surface area contributed by atoms with E-state index < -0.39 is 0 Å². The van der Waals surface area contributed by atoms with Crippen molar-refractivity contribution < 1.29 is 9.53 Å². The van der Waals surface area contributed by atoms with Crippen molar-refractivity contribution in [2.45, 2.75) is 19.8 Å². The third kappa shape index (κ3) is 2.77. The smallest absolute Gasteiger partial charge is 0.343 e. The lowest BCUT2D eigenvalue weighted by Crippen LogP contribution is -2.01. The number of fused-ring (bicyclic) bond motifs is 1. The summed E-state index contributed by atoms with van der Waals surface area (Å²) in [7, 11) is 0. The molecular formula is C16H16O2. The van der Waals surface area contributed by atoms with Gasteiger partial charge in [-0.25, -0.2) is 4.79 Å². The standard InChI is InChI=1S/C16H16O2/c1-2-3-6-12-18-16(17)15-11-7-9-13-8-4-5-10-14(13)15/h4-12H,2-3H2,1H3. The SMILES string of the molecule is CCCC=COC(=O)c1cccc2ccccc12. The number of carbonyl (C=O) groups excluding carboxylic acids is 1.